The third kappa shape index (κ3) is 4.77. The number of hydrogen-bond donors (Lipinski definition) is 0. The largest absolute Gasteiger partial charge is 0.489 e. The second kappa shape index (κ2) is 9.23. The Labute approximate surface area is 196 Å². The zero-order valence-corrected chi connectivity index (χ0v) is 19.1. The molecule has 2 amide bonds. The Kier molecular flexibility index (Phi) is 6.35. The summed E-state index contributed by atoms with van der Waals surface area (Å²) in [7, 11) is -3.34. The molecule has 0 saturated carbocycles. The summed E-state index contributed by atoms with van der Waals surface area (Å²) in [5, 5.41) is 9.52. The van der Waals surface area contributed by atoms with E-state index >= 15 is 0 Å². The highest BCUT2D eigenvalue weighted by molar-refractivity contribution is 7.91. The van der Waals surface area contributed by atoms with Gasteiger partial charge in [-0.3, -0.25) is 14.5 Å². The molecule has 1 atom stereocenters. The van der Waals surface area contributed by atoms with Crippen LogP contribution in [0.4, 0.5) is 4.39 Å². The third-order valence-corrected chi connectivity index (χ3v) is 7.61. The molecule has 1 saturated heterocycles. The van der Waals surface area contributed by atoms with Gasteiger partial charge in [0.2, 0.25) is 0 Å². The lowest BCUT2D eigenvalue weighted by atomic mass is 9.92. The van der Waals surface area contributed by atoms with Crippen molar-refractivity contribution in [2.75, 3.05) is 11.5 Å². The van der Waals surface area contributed by atoms with Crippen molar-refractivity contribution in [2.24, 2.45) is 0 Å². The van der Waals surface area contributed by atoms with E-state index in [0.29, 0.717) is 11.3 Å². The molecule has 7 nitrogen and oxygen atoms in total. The Balaban J connectivity index is 1.57. The van der Waals surface area contributed by atoms with Gasteiger partial charge in [-0.2, -0.15) is 5.26 Å². The first-order valence-corrected chi connectivity index (χ1v) is 12.4. The molecule has 1 fully saturated rings. The average Bonchev–Trinajstić information content (AvgIpc) is 3.16. The number of carbonyl (C=O) groups is 2. The predicted octanol–water partition coefficient (Wildman–Crippen LogP) is 3.18. The number of halogens is 1. The van der Waals surface area contributed by atoms with Crippen molar-refractivity contribution in [1.82, 2.24) is 4.90 Å². The fraction of sp³-hybridized carbons (Fsp3) is 0.240. The molecule has 34 heavy (non-hydrogen) atoms. The molecule has 2 aromatic carbocycles. The van der Waals surface area contributed by atoms with Crippen molar-refractivity contribution in [2.45, 2.75) is 26.0 Å². The van der Waals surface area contributed by atoms with E-state index in [4.69, 9.17) is 4.74 Å². The normalized spacial score (nSPS) is 21.1. The van der Waals surface area contributed by atoms with Crippen molar-refractivity contribution in [3.8, 4) is 11.8 Å². The topological polar surface area (TPSA) is 105 Å². The van der Waals surface area contributed by atoms with E-state index in [-0.39, 0.29) is 47.1 Å². The van der Waals surface area contributed by atoms with Crippen LogP contribution in [0.25, 0.3) is 6.08 Å². The smallest absolute Gasteiger partial charge is 0.271 e. The summed E-state index contributed by atoms with van der Waals surface area (Å²) in [5.41, 5.74) is 1.70. The number of sulfone groups is 1. The third-order valence-electron chi connectivity index (χ3n) is 5.86. The van der Waals surface area contributed by atoms with Crippen LogP contribution in [0.2, 0.25) is 0 Å². The standard InChI is InChI=1S/C25H21FN2O5S/c1-16-22(24(29)28(25(30)23(16)13-27)20-10-11-34(31,32)15-20)12-17-4-8-21(9-5-17)33-14-18-2-6-19(26)7-3-18/h2-9,12,20H,10-11,14-15H2,1H3. The van der Waals surface area contributed by atoms with Gasteiger partial charge in [0.05, 0.1) is 17.5 Å². The summed E-state index contributed by atoms with van der Waals surface area (Å²) >= 11 is 0. The molecule has 9 heteroatoms. The highest BCUT2D eigenvalue weighted by atomic mass is 32.2. The molecule has 4 rings (SSSR count). The van der Waals surface area contributed by atoms with Gasteiger partial charge in [-0.1, -0.05) is 24.3 Å². The van der Waals surface area contributed by atoms with Crippen molar-refractivity contribution < 1.29 is 27.1 Å². The maximum Gasteiger partial charge on any atom is 0.271 e. The van der Waals surface area contributed by atoms with Gasteiger partial charge in [0, 0.05) is 5.57 Å². The van der Waals surface area contributed by atoms with Crippen LogP contribution >= 0.6 is 0 Å². The SMILES string of the molecule is CC1=C(C#N)C(=O)N(C2CCS(=O)(=O)C2)C(=O)C1=Cc1ccc(OCc2ccc(F)cc2)cc1. The molecule has 1 unspecified atom stereocenters. The molecular weight excluding hydrogens is 459 g/mol. The van der Waals surface area contributed by atoms with Crippen LogP contribution in [0.15, 0.2) is 65.3 Å². The fourth-order valence-corrected chi connectivity index (χ4v) is 5.68. The maximum atomic E-state index is 13.2. The van der Waals surface area contributed by atoms with Gasteiger partial charge in [-0.05, 0) is 60.4 Å². The molecule has 0 aromatic heterocycles. The minimum Gasteiger partial charge on any atom is -0.489 e. The highest BCUT2D eigenvalue weighted by Gasteiger charge is 2.43. The maximum absolute atomic E-state index is 13.2. The van der Waals surface area contributed by atoms with Gasteiger partial charge < -0.3 is 4.74 Å². The van der Waals surface area contributed by atoms with Crippen LogP contribution in [-0.2, 0) is 26.0 Å². The Morgan fingerprint density at radius 3 is 2.38 bits per heavy atom. The zero-order valence-electron chi connectivity index (χ0n) is 18.3. The summed E-state index contributed by atoms with van der Waals surface area (Å²) in [5.74, 6) is -1.52. The van der Waals surface area contributed by atoms with E-state index < -0.39 is 27.7 Å². The molecule has 2 aliphatic heterocycles. The minimum atomic E-state index is -3.34. The second-order valence-electron chi connectivity index (χ2n) is 8.19. The number of benzene rings is 2. The van der Waals surface area contributed by atoms with Crippen molar-refractivity contribution in [3.63, 3.8) is 0 Å². The van der Waals surface area contributed by atoms with Crippen molar-refractivity contribution in [3.05, 3.63) is 82.2 Å². The summed E-state index contributed by atoms with van der Waals surface area (Å²) < 4.78 is 42.5. The quantitative estimate of drug-likeness (QED) is 0.481. The first kappa shape index (κ1) is 23.4. The number of rotatable bonds is 5. The van der Waals surface area contributed by atoms with Gasteiger partial charge >= 0.3 is 0 Å². The number of nitriles is 1. The van der Waals surface area contributed by atoms with Crippen LogP contribution in [0.5, 0.6) is 5.75 Å². The van der Waals surface area contributed by atoms with Crippen molar-refractivity contribution in [1.29, 1.82) is 5.26 Å². The van der Waals surface area contributed by atoms with Crippen LogP contribution < -0.4 is 4.74 Å². The van der Waals surface area contributed by atoms with Gasteiger partial charge in [0.1, 0.15) is 29.8 Å². The number of amides is 2. The lowest BCUT2D eigenvalue weighted by molar-refractivity contribution is -0.142. The van der Waals surface area contributed by atoms with E-state index in [1.807, 2.05) is 6.07 Å². The zero-order chi connectivity index (χ0) is 24.5. The number of ether oxygens (including phenoxy) is 1. The molecule has 2 aliphatic rings. The predicted molar refractivity (Wildman–Crippen MR) is 122 cm³/mol. The van der Waals surface area contributed by atoms with Crippen LogP contribution in [0, 0.1) is 17.1 Å². The minimum absolute atomic E-state index is 0.0995. The van der Waals surface area contributed by atoms with Gasteiger partial charge in [0.25, 0.3) is 11.8 Å². The van der Waals surface area contributed by atoms with Crippen molar-refractivity contribution >= 4 is 27.7 Å². The molecule has 0 N–H and O–H groups in total. The number of hydrogen-bond acceptors (Lipinski definition) is 6. The Bertz CT molecular complexity index is 1350. The van der Waals surface area contributed by atoms with Crippen LogP contribution in [0.3, 0.4) is 0 Å². The monoisotopic (exact) mass is 480 g/mol. The number of nitrogens with zero attached hydrogens (tertiary/aromatic N) is 2. The first-order chi connectivity index (χ1) is 16.2. The molecule has 0 radical (unpaired) electrons. The van der Waals surface area contributed by atoms with Crippen LogP contribution in [0.1, 0.15) is 24.5 Å². The molecule has 0 spiro atoms. The Morgan fingerprint density at radius 1 is 1.12 bits per heavy atom. The Hall–Kier alpha value is -3.77. The van der Waals surface area contributed by atoms with E-state index in [0.717, 1.165) is 10.5 Å². The summed E-state index contributed by atoms with van der Waals surface area (Å²) in [6.45, 7) is 1.79. The van der Waals surface area contributed by atoms with Crippen LogP contribution in [-0.4, -0.2) is 42.7 Å². The average molecular weight is 481 g/mol. The van der Waals surface area contributed by atoms with E-state index in [9.17, 15) is 27.7 Å². The number of carbonyl (C=O) groups excluding carboxylic acids is 2. The lowest BCUT2D eigenvalue weighted by Crippen LogP contribution is -2.49. The first-order valence-electron chi connectivity index (χ1n) is 10.6. The molecule has 0 aliphatic carbocycles. The van der Waals surface area contributed by atoms with E-state index in [1.165, 1.54) is 19.1 Å². The summed E-state index contributed by atoms with van der Waals surface area (Å²) in [6.07, 6.45) is 1.73. The molecular formula is C25H21FN2O5S. The van der Waals surface area contributed by atoms with E-state index in [2.05, 4.69) is 0 Å². The van der Waals surface area contributed by atoms with Gasteiger partial charge in [-0.15, -0.1) is 0 Å². The number of imide groups is 1. The van der Waals surface area contributed by atoms with E-state index in [1.54, 1.807) is 42.5 Å². The Morgan fingerprint density at radius 2 is 1.79 bits per heavy atom. The molecule has 174 valence electrons. The second-order valence-corrected chi connectivity index (χ2v) is 10.4. The summed E-state index contributed by atoms with van der Waals surface area (Å²) in [6, 6.07) is 13.9. The molecule has 2 aromatic rings. The fourth-order valence-electron chi connectivity index (χ4n) is 3.98. The molecule has 0 bridgehead atoms. The van der Waals surface area contributed by atoms with Gasteiger partial charge in [-0.25, -0.2) is 12.8 Å². The van der Waals surface area contributed by atoms with Gasteiger partial charge in [0.15, 0.2) is 9.84 Å². The highest BCUT2D eigenvalue weighted by Crippen LogP contribution is 2.31. The summed E-state index contributed by atoms with van der Waals surface area (Å²) in [4.78, 5) is 26.9. The lowest BCUT2D eigenvalue weighted by Gasteiger charge is -2.31. The molecule has 2 heterocycles.